The molecule has 1 heterocycles. The zero-order chi connectivity index (χ0) is 13.1. The summed E-state index contributed by atoms with van der Waals surface area (Å²) in [6.45, 7) is 2.68. The molecule has 0 saturated heterocycles. The molecule has 0 bridgehead atoms. The molecule has 1 aromatic rings. The van der Waals surface area contributed by atoms with E-state index in [9.17, 15) is 4.79 Å². The molecule has 5 nitrogen and oxygen atoms in total. The average Bonchev–Trinajstić information content (AvgIpc) is 3.01. The van der Waals surface area contributed by atoms with Gasteiger partial charge < -0.3 is 15.5 Å². The number of furan rings is 1. The first-order valence-corrected chi connectivity index (χ1v) is 6.36. The van der Waals surface area contributed by atoms with Crippen molar-refractivity contribution >= 4 is 5.91 Å². The van der Waals surface area contributed by atoms with E-state index in [1.165, 1.54) is 0 Å². The van der Waals surface area contributed by atoms with Crippen LogP contribution in [-0.4, -0.2) is 37.0 Å². The van der Waals surface area contributed by atoms with E-state index in [2.05, 4.69) is 5.32 Å². The van der Waals surface area contributed by atoms with Crippen LogP contribution >= 0.6 is 0 Å². The number of carbonyl (C=O) groups is 1. The van der Waals surface area contributed by atoms with Gasteiger partial charge in [-0.3, -0.25) is 9.69 Å². The number of nitrogens with zero attached hydrogens (tertiary/aromatic N) is 1. The molecule has 1 unspecified atom stereocenters. The maximum Gasteiger partial charge on any atom is 0.234 e. The standard InChI is InChI=1S/C13H21N3O2/c1-9-3-6-12(18-9)11(7-14)16(2)8-13(17)15-10-4-5-10/h3,6,10-11H,4-5,7-8,14H2,1-2H3,(H,15,17). The van der Waals surface area contributed by atoms with Crippen LogP contribution in [0.1, 0.15) is 30.4 Å². The average molecular weight is 251 g/mol. The summed E-state index contributed by atoms with van der Waals surface area (Å²) in [5, 5.41) is 2.97. The zero-order valence-electron chi connectivity index (χ0n) is 11.0. The summed E-state index contributed by atoms with van der Waals surface area (Å²) >= 11 is 0. The van der Waals surface area contributed by atoms with Gasteiger partial charge in [0.15, 0.2) is 0 Å². The van der Waals surface area contributed by atoms with Gasteiger partial charge in [0.25, 0.3) is 0 Å². The summed E-state index contributed by atoms with van der Waals surface area (Å²) in [4.78, 5) is 13.7. The fraction of sp³-hybridized carbons (Fsp3) is 0.615. The Labute approximate surface area is 107 Å². The molecule has 1 amide bonds. The third-order valence-electron chi connectivity index (χ3n) is 3.18. The van der Waals surface area contributed by atoms with Gasteiger partial charge in [-0.05, 0) is 38.9 Å². The van der Waals surface area contributed by atoms with Crippen LogP contribution in [0.5, 0.6) is 0 Å². The predicted octanol–water partition coefficient (Wildman–Crippen LogP) is 0.798. The van der Waals surface area contributed by atoms with Gasteiger partial charge in [0.1, 0.15) is 11.5 Å². The molecule has 0 radical (unpaired) electrons. The molecule has 0 aromatic carbocycles. The summed E-state index contributed by atoms with van der Waals surface area (Å²) in [7, 11) is 1.89. The van der Waals surface area contributed by atoms with Crippen molar-refractivity contribution in [3.63, 3.8) is 0 Å². The van der Waals surface area contributed by atoms with E-state index in [4.69, 9.17) is 10.2 Å². The van der Waals surface area contributed by atoms with E-state index in [0.29, 0.717) is 19.1 Å². The fourth-order valence-electron chi connectivity index (χ4n) is 1.98. The first-order valence-electron chi connectivity index (χ1n) is 6.36. The van der Waals surface area contributed by atoms with Crippen molar-refractivity contribution in [1.29, 1.82) is 0 Å². The molecule has 0 aliphatic heterocycles. The van der Waals surface area contributed by atoms with E-state index < -0.39 is 0 Å². The highest BCUT2D eigenvalue weighted by molar-refractivity contribution is 5.78. The highest BCUT2D eigenvalue weighted by atomic mass is 16.3. The van der Waals surface area contributed by atoms with Gasteiger partial charge in [-0.15, -0.1) is 0 Å². The first-order chi connectivity index (χ1) is 8.60. The van der Waals surface area contributed by atoms with Gasteiger partial charge in [-0.1, -0.05) is 0 Å². The van der Waals surface area contributed by atoms with Gasteiger partial charge in [0, 0.05) is 12.6 Å². The highest BCUT2D eigenvalue weighted by Gasteiger charge is 2.25. The number of aryl methyl sites for hydroxylation is 1. The minimum absolute atomic E-state index is 0.0522. The van der Waals surface area contributed by atoms with Crippen LogP contribution in [0.25, 0.3) is 0 Å². The normalized spacial score (nSPS) is 16.9. The molecule has 100 valence electrons. The van der Waals surface area contributed by atoms with E-state index in [1.807, 2.05) is 31.0 Å². The van der Waals surface area contributed by atoms with Crippen molar-refractivity contribution in [3.8, 4) is 0 Å². The third kappa shape index (κ3) is 3.34. The highest BCUT2D eigenvalue weighted by Crippen LogP contribution is 2.21. The molecule has 5 heteroatoms. The SMILES string of the molecule is Cc1ccc(C(CN)N(C)CC(=O)NC2CC2)o1. The van der Waals surface area contributed by atoms with Gasteiger partial charge in [-0.2, -0.15) is 0 Å². The molecule has 1 aliphatic rings. The lowest BCUT2D eigenvalue weighted by Crippen LogP contribution is -2.40. The smallest absolute Gasteiger partial charge is 0.234 e. The quantitative estimate of drug-likeness (QED) is 0.784. The van der Waals surface area contributed by atoms with Gasteiger partial charge in [0.05, 0.1) is 12.6 Å². The third-order valence-corrected chi connectivity index (χ3v) is 3.18. The molecule has 1 atom stereocenters. The lowest BCUT2D eigenvalue weighted by Gasteiger charge is -2.24. The molecule has 1 aromatic heterocycles. The number of carbonyl (C=O) groups excluding carboxylic acids is 1. The van der Waals surface area contributed by atoms with Crippen molar-refractivity contribution in [2.45, 2.75) is 31.8 Å². The number of likely N-dealkylation sites (N-methyl/N-ethyl adjacent to an activating group) is 1. The Balaban J connectivity index is 1.91. The Morgan fingerprint density at radius 3 is 2.83 bits per heavy atom. The number of nitrogens with one attached hydrogen (secondary N) is 1. The van der Waals surface area contributed by atoms with Crippen LogP contribution in [0.3, 0.4) is 0 Å². The fourth-order valence-corrected chi connectivity index (χ4v) is 1.98. The van der Waals surface area contributed by atoms with E-state index in [1.54, 1.807) is 0 Å². The maximum atomic E-state index is 11.7. The molecule has 3 N–H and O–H groups in total. The van der Waals surface area contributed by atoms with Crippen molar-refractivity contribution in [3.05, 3.63) is 23.7 Å². The van der Waals surface area contributed by atoms with E-state index >= 15 is 0 Å². The molecule has 0 spiro atoms. The molecular formula is C13H21N3O2. The van der Waals surface area contributed by atoms with Crippen LogP contribution < -0.4 is 11.1 Å². The van der Waals surface area contributed by atoms with Crippen LogP contribution in [0.15, 0.2) is 16.5 Å². The maximum absolute atomic E-state index is 11.7. The molecular weight excluding hydrogens is 230 g/mol. The number of amides is 1. The zero-order valence-corrected chi connectivity index (χ0v) is 11.0. The molecule has 1 saturated carbocycles. The number of hydrogen-bond donors (Lipinski definition) is 2. The van der Waals surface area contributed by atoms with Crippen molar-refractivity contribution in [2.75, 3.05) is 20.1 Å². The second-order valence-electron chi connectivity index (χ2n) is 4.96. The Bertz CT molecular complexity index is 412. The minimum atomic E-state index is -0.0522. The Kier molecular flexibility index (Phi) is 4.04. The monoisotopic (exact) mass is 251 g/mol. The second-order valence-corrected chi connectivity index (χ2v) is 4.96. The molecule has 1 aliphatic carbocycles. The van der Waals surface area contributed by atoms with Crippen molar-refractivity contribution < 1.29 is 9.21 Å². The summed E-state index contributed by atoms with van der Waals surface area (Å²) in [6.07, 6.45) is 2.21. The number of rotatable bonds is 6. The predicted molar refractivity (Wildman–Crippen MR) is 69.0 cm³/mol. The lowest BCUT2D eigenvalue weighted by molar-refractivity contribution is -0.122. The van der Waals surface area contributed by atoms with Crippen molar-refractivity contribution in [2.24, 2.45) is 5.73 Å². The summed E-state index contributed by atoms with van der Waals surface area (Å²) in [6, 6.07) is 4.18. The molecule has 1 fully saturated rings. The Morgan fingerprint density at radius 1 is 1.61 bits per heavy atom. The van der Waals surface area contributed by atoms with Crippen LogP contribution in [0.4, 0.5) is 0 Å². The van der Waals surface area contributed by atoms with Crippen LogP contribution in [0.2, 0.25) is 0 Å². The first kappa shape index (κ1) is 13.1. The van der Waals surface area contributed by atoms with Gasteiger partial charge in [-0.25, -0.2) is 0 Å². The summed E-state index contributed by atoms with van der Waals surface area (Å²) in [5.41, 5.74) is 5.77. The topological polar surface area (TPSA) is 71.5 Å². The Morgan fingerprint density at radius 2 is 2.33 bits per heavy atom. The number of nitrogens with two attached hydrogens (primary N) is 1. The van der Waals surface area contributed by atoms with Crippen LogP contribution in [0, 0.1) is 6.92 Å². The molecule has 18 heavy (non-hydrogen) atoms. The summed E-state index contributed by atoms with van der Waals surface area (Å²) < 4.78 is 5.58. The molecule has 2 rings (SSSR count). The lowest BCUT2D eigenvalue weighted by atomic mass is 10.2. The Hall–Kier alpha value is -1.33. The number of hydrogen-bond acceptors (Lipinski definition) is 4. The van der Waals surface area contributed by atoms with Gasteiger partial charge in [0.2, 0.25) is 5.91 Å². The largest absolute Gasteiger partial charge is 0.465 e. The summed E-state index contributed by atoms with van der Waals surface area (Å²) in [5.74, 6) is 1.73. The van der Waals surface area contributed by atoms with Crippen LogP contribution in [-0.2, 0) is 4.79 Å². The van der Waals surface area contributed by atoms with E-state index in [0.717, 1.165) is 24.4 Å². The minimum Gasteiger partial charge on any atom is -0.465 e. The second kappa shape index (κ2) is 5.54. The van der Waals surface area contributed by atoms with Gasteiger partial charge >= 0.3 is 0 Å². The van der Waals surface area contributed by atoms with E-state index in [-0.39, 0.29) is 11.9 Å². The van der Waals surface area contributed by atoms with Crippen molar-refractivity contribution in [1.82, 2.24) is 10.2 Å².